The molecule has 1 aliphatic carbocycles. The molecule has 1 atom stereocenters. The smallest absolute Gasteiger partial charge is 0.0623 e. The molecule has 0 aromatic heterocycles. The lowest BCUT2D eigenvalue weighted by Crippen LogP contribution is -2.38. The maximum Gasteiger partial charge on any atom is 0.0623 e. The van der Waals surface area contributed by atoms with E-state index in [9.17, 15) is 0 Å². The lowest BCUT2D eigenvalue weighted by Gasteiger charge is -2.27. The Hall–Kier alpha value is -0.0800. The minimum Gasteiger partial charge on any atom is -0.377 e. The van der Waals surface area contributed by atoms with Crippen LogP contribution in [-0.4, -0.2) is 25.3 Å². The standard InChI is InChI=1S/C12H23NO/c1-2-7-12(8-3-1)14-10-11-6-4-5-9-13-11/h11-13H,1-10H2. The molecule has 1 aliphatic heterocycles. The van der Waals surface area contributed by atoms with Gasteiger partial charge in [-0.25, -0.2) is 0 Å². The quantitative estimate of drug-likeness (QED) is 0.750. The summed E-state index contributed by atoms with van der Waals surface area (Å²) in [7, 11) is 0. The van der Waals surface area contributed by atoms with Crippen LogP contribution in [0.4, 0.5) is 0 Å². The molecule has 14 heavy (non-hydrogen) atoms. The predicted octanol–water partition coefficient (Wildman–Crippen LogP) is 2.48. The number of rotatable bonds is 3. The monoisotopic (exact) mass is 197 g/mol. The Labute approximate surface area is 87.4 Å². The zero-order valence-electron chi connectivity index (χ0n) is 9.13. The second-order valence-electron chi connectivity index (χ2n) is 4.74. The van der Waals surface area contributed by atoms with E-state index in [0.717, 1.165) is 6.61 Å². The highest BCUT2D eigenvalue weighted by Gasteiger charge is 2.17. The van der Waals surface area contributed by atoms with E-state index in [4.69, 9.17) is 4.74 Å². The Bertz CT molecular complexity index is 130. The lowest BCUT2D eigenvalue weighted by atomic mass is 9.97. The van der Waals surface area contributed by atoms with Crippen molar-refractivity contribution in [3.63, 3.8) is 0 Å². The Kier molecular flexibility index (Phi) is 4.26. The molecule has 0 aromatic carbocycles. The number of hydrogen-bond acceptors (Lipinski definition) is 2. The highest BCUT2D eigenvalue weighted by molar-refractivity contribution is 4.73. The third-order valence-corrected chi connectivity index (χ3v) is 3.50. The zero-order chi connectivity index (χ0) is 9.64. The van der Waals surface area contributed by atoms with Gasteiger partial charge in [0.05, 0.1) is 12.7 Å². The first-order valence-corrected chi connectivity index (χ1v) is 6.30. The highest BCUT2D eigenvalue weighted by Crippen LogP contribution is 2.20. The summed E-state index contributed by atoms with van der Waals surface area (Å²) in [5, 5.41) is 3.53. The molecule has 0 spiro atoms. The SMILES string of the molecule is C1CCC(OCC2CCCCN2)CC1. The minimum atomic E-state index is 0.576. The van der Waals surface area contributed by atoms with Crippen LogP contribution in [0.5, 0.6) is 0 Å². The average molecular weight is 197 g/mol. The highest BCUT2D eigenvalue weighted by atomic mass is 16.5. The van der Waals surface area contributed by atoms with Gasteiger partial charge in [-0.2, -0.15) is 0 Å². The Morgan fingerprint density at radius 3 is 2.43 bits per heavy atom. The molecule has 2 rings (SSSR count). The van der Waals surface area contributed by atoms with E-state index < -0.39 is 0 Å². The number of hydrogen-bond donors (Lipinski definition) is 1. The summed E-state index contributed by atoms with van der Waals surface area (Å²) in [6.45, 7) is 2.14. The molecule has 0 aromatic rings. The number of nitrogens with one attached hydrogen (secondary N) is 1. The van der Waals surface area contributed by atoms with Crippen molar-refractivity contribution in [3.8, 4) is 0 Å². The molecule has 0 bridgehead atoms. The summed E-state index contributed by atoms with van der Waals surface area (Å²) in [4.78, 5) is 0. The van der Waals surface area contributed by atoms with Gasteiger partial charge in [-0.15, -0.1) is 0 Å². The molecule has 1 saturated heterocycles. The van der Waals surface area contributed by atoms with Crippen LogP contribution >= 0.6 is 0 Å². The van der Waals surface area contributed by atoms with Crippen LogP contribution in [0.25, 0.3) is 0 Å². The number of ether oxygens (including phenoxy) is 1. The summed E-state index contributed by atoms with van der Waals surface area (Å²) >= 11 is 0. The van der Waals surface area contributed by atoms with Crippen LogP contribution < -0.4 is 5.32 Å². The van der Waals surface area contributed by atoms with Crippen molar-refractivity contribution in [1.29, 1.82) is 0 Å². The molecule has 1 heterocycles. The van der Waals surface area contributed by atoms with Crippen LogP contribution in [0.15, 0.2) is 0 Å². The summed E-state index contributed by atoms with van der Waals surface area (Å²) in [6, 6.07) is 0.644. The van der Waals surface area contributed by atoms with Crippen molar-refractivity contribution >= 4 is 0 Å². The second-order valence-corrected chi connectivity index (χ2v) is 4.74. The Balaban J connectivity index is 1.60. The first-order chi connectivity index (χ1) is 6.95. The van der Waals surface area contributed by atoms with Gasteiger partial charge < -0.3 is 10.1 Å². The fourth-order valence-corrected chi connectivity index (χ4v) is 2.55. The van der Waals surface area contributed by atoms with Gasteiger partial charge in [0.15, 0.2) is 0 Å². The van der Waals surface area contributed by atoms with Crippen molar-refractivity contribution in [2.75, 3.05) is 13.2 Å². The average Bonchev–Trinajstić information content (AvgIpc) is 2.29. The van der Waals surface area contributed by atoms with Crippen molar-refractivity contribution in [3.05, 3.63) is 0 Å². The molecule has 2 heteroatoms. The maximum absolute atomic E-state index is 5.96. The largest absolute Gasteiger partial charge is 0.377 e. The van der Waals surface area contributed by atoms with Crippen LogP contribution in [0.1, 0.15) is 51.4 Å². The van der Waals surface area contributed by atoms with Gasteiger partial charge in [0.1, 0.15) is 0 Å². The van der Waals surface area contributed by atoms with Crippen molar-refractivity contribution in [2.45, 2.75) is 63.5 Å². The second kappa shape index (κ2) is 5.72. The van der Waals surface area contributed by atoms with E-state index in [-0.39, 0.29) is 0 Å². The van der Waals surface area contributed by atoms with Gasteiger partial charge in [0.2, 0.25) is 0 Å². The van der Waals surface area contributed by atoms with Gasteiger partial charge in [0.25, 0.3) is 0 Å². The molecule has 1 unspecified atom stereocenters. The van der Waals surface area contributed by atoms with Gasteiger partial charge in [-0.05, 0) is 32.2 Å². The fourth-order valence-electron chi connectivity index (χ4n) is 2.55. The zero-order valence-corrected chi connectivity index (χ0v) is 9.13. The van der Waals surface area contributed by atoms with E-state index in [0.29, 0.717) is 12.1 Å². The third-order valence-electron chi connectivity index (χ3n) is 3.50. The summed E-state index contributed by atoms with van der Waals surface area (Å²) in [5.74, 6) is 0. The lowest BCUT2D eigenvalue weighted by molar-refractivity contribution is 0.0123. The molecular formula is C12H23NO. The minimum absolute atomic E-state index is 0.576. The van der Waals surface area contributed by atoms with Gasteiger partial charge >= 0.3 is 0 Å². The Morgan fingerprint density at radius 1 is 0.929 bits per heavy atom. The number of piperidine rings is 1. The van der Waals surface area contributed by atoms with Crippen LogP contribution in [-0.2, 0) is 4.74 Å². The third kappa shape index (κ3) is 3.25. The van der Waals surface area contributed by atoms with Crippen LogP contribution in [0.2, 0.25) is 0 Å². The first kappa shape index (κ1) is 10.4. The van der Waals surface area contributed by atoms with Crippen molar-refractivity contribution in [1.82, 2.24) is 5.32 Å². The molecule has 2 fully saturated rings. The normalized spacial score (nSPS) is 30.4. The molecule has 0 amide bonds. The van der Waals surface area contributed by atoms with E-state index in [1.165, 1.54) is 57.9 Å². The van der Waals surface area contributed by atoms with E-state index >= 15 is 0 Å². The first-order valence-electron chi connectivity index (χ1n) is 6.30. The van der Waals surface area contributed by atoms with Crippen molar-refractivity contribution in [2.24, 2.45) is 0 Å². The van der Waals surface area contributed by atoms with Crippen LogP contribution in [0.3, 0.4) is 0 Å². The molecule has 2 nitrogen and oxygen atoms in total. The topological polar surface area (TPSA) is 21.3 Å². The molecular weight excluding hydrogens is 174 g/mol. The fraction of sp³-hybridized carbons (Fsp3) is 1.00. The summed E-state index contributed by atoms with van der Waals surface area (Å²) in [5.41, 5.74) is 0. The van der Waals surface area contributed by atoms with Gasteiger partial charge in [-0.1, -0.05) is 25.7 Å². The van der Waals surface area contributed by atoms with E-state index in [2.05, 4.69) is 5.32 Å². The Morgan fingerprint density at radius 2 is 1.71 bits per heavy atom. The maximum atomic E-state index is 5.96. The summed E-state index contributed by atoms with van der Waals surface area (Å²) in [6.07, 6.45) is 11.4. The summed E-state index contributed by atoms with van der Waals surface area (Å²) < 4.78 is 5.96. The van der Waals surface area contributed by atoms with Gasteiger partial charge in [-0.3, -0.25) is 0 Å². The van der Waals surface area contributed by atoms with Gasteiger partial charge in [0, 0.05) is 6.04 Å². The van der Waals surface area contributed by atoms with Crippen molar-refractivity contribution < 1.29 is 4.74 Å². The molecule has 1 N–H and O–H groups in total. The van der Waals surface area contributed by atoms with Crippen LogP contribution in [0, 0.1) is 0 Å². The predicted molar refractivity (Wildman–Crippen MR) is 58.5 cm³/mol. The van der Waals surface area contributed by atoms with E-state index in [1.54, 1.807) is 0 Å². The van der Waals surface area contributed by atoms with E-state index in [1.807, 2.05) is 0 Å². The molecule has 82 valence electrons. The molecule has 1 saturated carbocycles. The molecule has 2 aliphatic rings. The molecule has 0 radical (unpaired) electrons.